The number of hydrogen-bond donors (Lipinski definition) is 0. The lowest BCUT2D eigenvalue weighted by Crippen LogP contribution is -2.54. The second-order valence-corrected chi connectivity index (χ2v) is 7.44. The molecule has 0 aromatic heterocycles. The summed E-state index contributed by atoms with van der Waals surface area (Å²) >= 11 is 0. The van der Waals surface area contributed by atoms with Gasteiger partial charge in [0.15, 0.2) is 0 Å². The highest BCUT2D eigenvalue weighted by Crippen LogP contribution is 2.32. The molecule has 5 nitrogen and oxygen atoms in total. The van der Waals surface area contributed by atoms with Crippen molar-refractivity contribution in [1.82, 2.24) is 9.91 Å². The van der Waals surface area contributed by atoms with Gasteiger partial charge in [0.05, 0.1) is 12.6 Å². The molecule has 152 valence electrons. The minimum absolute atomic E-state index is 0.229. The molecule has 0 spiro atoms. The number of benzene rings is 2. The molecule has 2 aromatic rings. The number of likely N-dealkylation sites (tertiary alicyclic amines) is 1. The van der Waals surface area contributed by atoms with Crippen molar-refractivity contribution in [3.63, 3.8) is 0 Å². The van der Waals surface area contributed by atoms with E-state index in [9.17, 15) is 13.6 Å². The molecule has 2 amide bonds. The van der Waals surface area contributed by atoms with Gasteiger partial charge in [-0.2, -0.15) is 5.10 Å². The molecule has 1 atom stereocenters. The van der Waals surface area contributed by atoms with Crippen molar-refractivity contribution in [1.29, 1.82) is 0 Å². The van der Waals surface area contributed by atoms with Crippen molar-refractivity contribution in [3.8, 4) is 5.75 Å². The van der Waals surface area contributed by atoms with Crippen molar-refractivity contribution in [2.24, 2.45) is 11.0 Å². The summed E-state index contributed by atoms with van der Waals surface area (Å²) in [5.74, 6) is -0.0866. The van der Waals surface area contributed by atoms with Gasteiger partial charge in [-0.05, 0) is 54.7 Å². The maximum atomic E-state index is 13.6. The Morgan fingerprint density at radius 3 is 2.66 bits per heavy atom. The molecule has 7 heteroatoms. The molecule has 1 unspecified atom stereocenters. The predicted octanol–water partition coefficient (Wildman–Crippen LogP) is 4.39. The molecular formula is C22H23F2N3O2. The Labute approximate surface area is 168 Å². The summed E-state index contributed by atoms with van der Waals surface area (Å²) in [5, 5.41) is 5.49. The molecule has 2 heterocycles. The second-order valence-electron chi connectivity index (χ2n) is 7.44. The molecule has 2 aliphatic rings. The molecule has 29 heavy (non-hydrogen) atoms. The van der Waals surface area contributed by atoms with Gasteiger partial charge in [-0.25, -0.2) is 18.6 Å². The van der Waals surface area contributed by atoms with Gasteiger partial charge in [0.2, 0.25) is 0 Å². The molecule has 1 saturated heterocycles. The molecule has 2 aliphatic heterocycles. The van der Waals surface area contributed by atoms with E-state index in [4.69, 9.17) is 4.74 Å². The topological polar surface area (TPSA) is 45.1 Å². The maximum Gasteiger partial charge on any atom is 0.341 e. The lowest BCUT2D eigenvalue weighted by Gasteiger charge is -2.41. The second kappa shape index (κ2) is 8.19. The number of hydrogen-bond acceptors (Lipinski definition) is 3. The predicted molar refractivity (Wildman–Crippen MR) is 106 cm³/mol. The largest absolute Gasteiger partial charge is 0.494 e. The zero-order valence-electron chi connectivity index (χ0n) is 16.2. The van der Waals surface area contributed by atoms with Crippen molar-refractivity contribution >= 4 is 12.2 Å². The first kappa shape index (κ1) is 19.4. The van der Waals surface area contributed by atoms with Gasteiger partial charge in [-0.3, -0.25) is 0 Å². The molecule has 0 saturated carbocycles. The highest BCUT2D eigenvalue weighted by molar-refractivity contribution is 5.79. The van der Waals surface area contributed by atoms with E-state index in [2.05, 4.69) is 11.2 Å². The first-order valence-electron chi connectivity index (χ1n) is 9.81. The minimum atomic E-state index is -0.655. The van der Waals surface area contributed by atoms with Crippen LogP contribution >= 0.6 is 0 Å². The normalized spacial score (nSPS) is 18.8. The molecular weight excluding hydrogens is 376 g/mol. The van der Waals surface area contributed by atoms with E-state index in [1.165, 1.54) is 22.7 Å². The van der Waals surface area contributed by atoms with Gasteiger partial charge in [0.25, 0.3) is 0 Å². The Balaban J connectivity index is 1.36. The standard InChI is InChI=1S/C22H23F2N3O2/c1-2-29-20-5-3-4-15(9-20)8-16-13-26(14-16)22(28)27-21(6-7-25-27)17-10-18(23)12-19(24)11-17/h3-5,7,9-12,16,21H,2,6,8,13-14H2,1H3. The molecule has 4 rings (SSSR count). The number of ether oxygens (including phenoxy) is 1. The van der Waals surface area contributed by atoms with Crippen LogP contribution in [0.5, 0.6) is 5.75 Å². The fourth-order valence-corrected chi connectivity index (χ4v) is 3.91. The Morgan fingerprint density at radius 1 is 1.17 bits per heavy atom. The van der Waals surface area contributed by atoms with E-state index < -0.39 is 17.7 Å². The van der Waals surface area contributed by atoms with Crippen molar-refractivity contribution < 1.29 is 18.3 Å². The maximum absolute atomic E-state index is 13.6. The van der Waals surface area contributed by atoms with Crippen LogP contribution in [0.3, 0.4) is 0 Å². The number of urea groups is 1. The van der Waals surface area contributed by atoms with Gasteiger partial charge in [-0.15, -0.1) is 0 Å². The van der Waals surface area contributed by atoms with Crippen molar-refractivity contribution in [2.75, 3.05) is 19.7 Å². The first-order chi connectivity index (χ1) is 14.0. The van der Waals surface area contributed by atoms with Crippen LogP contribution in [0.15, 0.2) is 47.6 Å². The number of nitrogens with zero attached hydrogens (tertiary/aromatic N) is 3. The summed E-state index contributed by atoms with van der Waals surface area (Å²) in [7, 11) is 0. The summed E-state index contributed by atoms with van der Waals surface area (Å²) < 4.78 is 32.7. The Hall–Kier alpha value is -2.96. The van der Waals surface area contributed by atoms with E-state index in [1.807, 2.05) is 25.1 Å². The monoisotopic (exact) mass is 399 g/mol. The zero-order chi connectivity index (χ0) is 20.4. The van der Waals surface area contributed by atoms with Crippen LogP contribution in [0.25, 0.3) is 0 Å². The SMILES string of the molecule is CCOc1cccc(CC2CN(C(=O)N3N=CCC3c3cc(F)cc(F)c3)C2)c1. The molecule has 2 aromatic carbocycles. The van der Waals surface area contributed by atoms with E-state index in [0.717, 1.165) is 18.2 Å². The number of rotatable bonds is 5. The number of carbonyl (C=O) groups is 1. The van der Waals surface area contributed by atoms with Crippen LogP contribution in [0.2, 0.25) is 0 Å². The molecule has 0 radical (unpaired) electrons. The third kappa shape index (κ3) is 4.23. The van der Waals surface area contributed by atoms with Crippen LogP contribution < -0.4 is 4.74 Å². The van der Waals surface area contributed by atoms with Crippen LogP contribution in [0, 0.1) is 17.6 Å². The van der Waals surface area contributed by atoms with Gasteiger partial charge >= 0.3 is 6.03 Å². The Bertz CT molecular complexity index is 908. The fourth-order valence-electron chi connectivity index (χ4n) is 3.91. The average Bonchev–Trinajstić information content (AvgIpc) is 3.13. The molecule has 0 N–H and O–H groups in total. The summed E-state index contributed by atoms with van der Waals surface area (Å²) in [6.07, 6.45) is 2.92. The van der Waals surface area contributed by atoms with Crippen LogP contribution in [0.4, 0.5) is 13.6 Å². The number of amides is 2. The summed E-state index contributed by atoms with van der Waals surface area (Å²) in [6.45, 7) is 3.85. The van der Waals surface area contributed by atoms with E-state index >= 15 is 0 Å². The fraction of sp³-hybridized carbons (Fsp3) is 0.364. The quantitative estimate of drug-likeness (QED) is 0.749. The van der Waals surface area contributed by atoms with Crippen LogP contribution in [0.1, 0.15) is 30.5 Å². The highest BCUT2D eigenvalue weighted by atomic mass is 19.1. The Kier molecular flexibility index (Phi) is 5.47. The first-order valence-corrected chi connectivity index (χ1v) is 9.81. The van der Waals surface area contributed by atoms with Crippen molar-refractivity contribution in [2.45, 2.75) is 25.8 Å². The van der Waals surface area contributed by atoms with Gasteiger partial charge in [0, 0.05) is 31.8 Å². The number of halogens is 2. The average molecular weight is 399 g/mol. The third-order valence-corrected chi connectivity index (χ3v) is 5.26. The van der Waals surface area contributed by atoms with Crippen LogP contribution in [-0.4, -0.2) is 41.9 Å². The molecule has 0 aliphatic carbocycles. The van der Waals surface area contributed by atoms with E-state index in [0.29, 0.717) is 37.6 Å². The van der Waals surface area contributed by atoms with Crippen LogP contribution in [-0.2, 0) is 6.42 Å². The number of carbonyl (C=O) groups excluding carboxylic acids is 1. The zero-order valence-corrected chi connectivity index (χ0v) is 16.2. The lowest BCUT2D eigenvalue weighted by molar-refractivity contribution is 0.0834. The van der Waals surface area contributed by atoms with Gasteiger partial charge in [0.1, 0.15) is 17.4 Å². The van der Waals surface area contributed by atoms with Crippen molar-refractivity contribution in [3.05, 3.63) is 65.2 Å². The third-order valence-electron chi connectivity index (χ3n) is 5.26. The highest BCUT2D eigenvalue weighted by Gasteiger charge is 2.37. The Morgan fingerprint density at radius 2 is 1.93 bits per heavy atom. The summed E-state index contributed by atoms with van der Waals surface area (Å²) in [6, 6.07) is 10.6. The molecule has 0 bridgehead atoms. The van der Waals surface area contributed by atoms with Gasteiger partial charge < -0.3 is 9.64 Å². The van der Waals surface area contributed by atoms with Gasteiger partial charge in [-0.1, -0.05) is 12.1 Å². The lowest BCUT2D eigenvalue weighted by atomic mass is 9.92. The minimum Gasteiger partial charge on any atom is -0.494 e. The summed E-state index contributed by atoms with van der Waals surface area (Å²) in [5.41, 5.74) is 1.60. The smallest absolute Gasteiger partial charge is 0.341 e. The van der Waals surface area contributed by atoms with E-state index in [1.54, 1.807) is 11.1 Å². The molecule has 1 fully saturated rings. The number of hydrazone groups is 1. The summed E-state index contributed by atoms with van der Waals surface area (Å²) in [4.78, 5) is 14.6. The van der Waals surface area contributed by atoms with E-state index in [-0.39, 0.29) is 6.03 Å².